The van der Waals surface area contributed by atoms with Crippen molar-refractivity contribution in [2.24, 2.45) is 0 Å². The topological polar surface area (TPSA) is 57.5 Å². The summed E-state index contributed by atoms with van der Waals surface area (Å²) in [6.45, 7) is 6.09. The molecule has 0 amide bonds. The van der Waals surface area contributed by atoms with Crippen LogP contribution in [0.5, 0.6) is 5.75 Å². The largest absolute Gasteiger partial charge is 0.494 e. The molecule has 2 aromatic rings. The first-order valence-electron chi connectivity index (χ1n) is 6.96. The maximum Gasteiger partial charge on any atom is 0.326 e. The zero-order chi connectivity index (χ0) is 15.4. The highest BCUT2D eigenvalue weighted by atomic mass is 16.5. The van der Waals surface area contributed by atoms with E-state index in [1.54, 1.807) is 42.8 Å². The van der Waals surface area contributed by atoms with Crippen LogP contribution in [0.25, 0.3) is 10.9 Å². The third-order valence-corrected chi connectivity index (χ3v) is 2.93. The number of benzene rings is 1. The normalized spacial score (nSPS) is 10.9. The quantitative estimate of drug-likeness (QED) is 0.793. The molecule has 112 valence electrons. The summed E-state index contributed by atoms with van der Waals surface area (Å²) in [6, 6.07) is 6.69. The van der Waals surface area contributed by atoms with E-state index in [0.29, 0.717) is 23.3 Å². The fourth-order valence-corrected chi connectivity index (χ4v) is 2.12. The van der Waals surface area contributed by atoms with Crippen LogP contribution < -0.4 is 10.2 Å². The first kappa shape index (κ1) is 15.1. The molecule has 0 spiro atoms. The highest BCUT2D eigenvalue weighted by Gasteiger charge is 2.10. The van der Waals surface area contributed by atoms with Gasteiger partial charge in [0.15, 0.2) is 5.43 Å². The van der Waals surface area contributed by atoms with Gasteiger partial charge in [-0.3, -0.25) is 9.59 Å². The van der Waals surface area contributed by atoms with Crippen molar-refractivity contribution < 1.29 is 14.3 Å². The van der Waals surface area contributed by atoms with Gasteiger partial charge in [0.05, 0.1) is 18.2 Å². The minimum absolute atomic E-state index is 0.0601. The Balaban J connectivity index is 2.42. The second-order valence-electron chi connectivity index (χ2n) is 4.96. The van der Waals surface area contributed by atoms with E-state index in [1.165, 1.54) is 6.07 Å². The second-order valence-corrected chi connectivity index (χ2v) is 4.96. The molecule has 1 aromatic carbocycles. The third kappa shape index (κ3) is 3.62. The van der Waals surface area contributed by atoms with Crippen LogP contribution in [-0.2, 0) is 16.1 Å². The van der Waals surface area contributed by atoms with Crippen molar-refractivity contribution in [2.75, 3.05) is 6.61 Å². The first-order chi connectivity index (χ1) is 10.0. The number of nitrogens with zero attached hydrogens (tertiary/aromatic N) is 1. The van der Waals surface area contributed by atoms with Gasteiger partial charge < -0.3 is 14.0 Å². The number of carbonyl (C=O) groups is 1. The van der Waals surface area contributed by atoms with Gasteiger partial charge in [0, 0.05) is 23.7 Å². The van der Waals surface area contributed by atoms with Gasteiger partial charge in [-0.2, -0.15) is 0 Å². The highest BCUT2D eigenvalue weighted by Crippen LogP contribution is 2.18. The van der Waals surface area contributed by atoms with Gasteiger partial charge in [0.2, 0.25) is 0 Å². The summed E-state index contributed by atoms with van der Waals surface area (Å²) >= 11 is 0. The highest BCUT2D eigenvalue weighted by molar-refractivity contribution is 5.82. The van der Waals surface area contributed by atoms with E-state index in [9.17, 15) is 9.59 Å². The third-order valence-electron chi connectivity index (χ3n) is 2.93. The van der Waals surface area contributed by atoms with Crippen LogP contribution in [0.1, 0.15) is 20.8 Å². The van der Waals surface area contributed by atoms with E-state index in [0.717, 1.165) is 0 Å². The molecule has 0 radical (unpaired) electrons. The van der Waals surface area contributed by atoms with Crippen molar-refractivity contribution in [3.8, 4) is 5.75 Å². The Labute approximate surface area is 123 Å². The molecular weight excluding hydrogens is 270 g/mol. The molecule has 0 N–H and O–H groups in total. The standard InChI is InChI=1S/C16H19NO4/c1-4-20-12-5-6-13-14(9-12)17(8-7-15(13)18)10-16(19)21-11(2)3/h5-9,11H,4,10H2,1-3H3. The van der Waals surface area contributed by atoms with E-state index in [-0.39, 0.29) is 24.0 Å². The molecule has 1 aromatic heterocycles. The smallest absolute Gasteiger partial charge is 0.326 e. The van der Waals surface area contributed by atoms with Crippen molar-refractivity contribution in [3.05, 3.63) is 40.7 Å². The zero-order valence-electron chi connectivity index (χ0n) is 12.5. The zero-order valence-corrected chi connectivity index (χ0v) is 12.5. The lowest BCUT2D eigenvalue weighted by molar-refractivity contribution is -0.148. The molecule has 0 fully saturated rings. The van der Waals surface area contributed by atoms with Crippen LogP contribution in [0, 0.1) is 0 Å². The number of aromatic nitrogens is 1. The summed E-state index contributed by atoms with van der Waals surface area (Å²) in [5.74, 6) is 0.332. The second kappa shape index (κ2) is 6.43. The van der Waals surface area contributed by atoms with E-state index >= 15 is 0 Å². The van der Waals surface area contributed by atoms with Gasteiger partial charge in [-0.05, 0) is 32.9 Å². The molecule has 0 saturated carbocycles. The van der Waals surface area contributed by atoms with Crippen LogP contribution >= 0.6 is 0 Å². The summed E-state index contributed by atoms with van der Waals surface area (Å²) in [4.78, 5) is 23.7. The monoisotopic (exact) mass is 289 g/mol. The summed E-state index contributed by atoms with van der Waals surface area (Å²) in [5.41, 5.74) is 0.579. The average molecular weight is 289 g/mol. The summed E-state index contributed by atoms with van der Waals surface area (Å²) < 4.78 is 12.3. The maximum atomic E-state index is 11.9. The first-order valence-corrected chi connectivity index (χ1v) is 6.96. The Hall–Kier alpha value is -2.30. The number of hydrogen-bond acceptors (Lipinski definition) is 4. The molecular formula is C16H19NO4. The molecule has 2 rings (SSSR count). The lowest BCUT2D eigenvalue weighted by atomic mass is 10.2. The Morgan fingerprint density at radius 1 is 1.29 bits per heavy atom. The van der Waals surface area contributed by atoms with Gasteiger partial charge in [0.1, 0.15) is 12.3 Å². The van der Waals surface area contributed by atoms with Crippen molar-refractivity contribution >= 4 is 16.9 Å². The molecule has 5 nitrogen and oxygen atoms in total. The van der Waals surface area contributed by atoms with E-state index in [2.05, 4.69) is 0 Å². The van der Waals surface area contributed by atoms with Crippen molar-refractivity contribution in [1.82, 2.24) is 4.57 Å². The lowest BCUT2D eigenvalue weighted by Crippen LogP contribution is -2.19. The molecule has 0 saturated heterocycles. The van der Waals surface area contributed by atoms with Gasteiger partial charge >= 0.3 is 5.97 Å². The maximum absolute atomic E-state index is 11.9. The summed E-state index contributed by atoms with van der Waals surface area (Å²) in [5, 5.41) is 0.554. The molecule has 0 aliphatic heterocycles. The molecule has 21 heavy (non-hydrogen) atoms. The fraction of sp³-hybridized carbons (Fsp3) is 0.375. The fourth-order valence-electron chi connectivity index (χ4n) is 2.12. The Kier molecular flexibility index (Phi) is 4.62. The van der Waals surface area contributed by atoms with Crippen molar-refractivity contribution in [2.45, 2.75) is 33.4 Å². The SMILES string of the molecule is CCOc1ccc2c(=O)ccn(CC(=O)OC(C)C)c2c1. The number of fused-ring (bicyclic) bond motifs is 1. The number of pyridine rings is 1. The summed E-state index contributed by atoms with van der Waals surface area (Å²) in [6.07, 6.45) is 1.43. The Morgan fingerprint density at radius 2 is 2.05 bits per heavy atom. The average Bonchev–Trinajstić information content (AvgIpc) is 2.41. The minimum atomic E-state index is -0.336. The van der Waals surface area contributed by atoms with Gasteiger partial charge in [-0.1, -0.05) is 0 Å². The molecule has 5 heteroatoms. The number of esters is 1. The number of rotatable bonds is 5. The molecule has 0 bridgehead atoms. The number of ether oxygens (including phenoxy) is 2. The molecule has 1 heterocycles. The van der Waals surface area contributed by atoms with Gasteiger partial charge in [-0.25, -0.2) is 0 Å². The van der Waals surface area contributed by atoms with E-state index in [1.807, 2.05) is 6.92 Å². The van der Waals surface area contributed by atoms with E-state index in [4.69, 9.17) is 9.47 Å². The minimum Gasteiger partial charge on any atom is -0.494 e. The molecule has 0 aliphatic rings. The Bertz CT molecular complexity index is 703. The van der Waals surface area contributed by atoms with Crippen molar-refractivity contribution in [1.29, 1.82) is 0 Å². The van der Waals surface area contributed by atoms with Gasteiger partial charge in [0.25, 0.3) is 0 Å². The van der Waals surface area contributed by atoms with Gasteiger partial charge in [-0.15, -0.1) is 0 Å². The van der Waals surface area contributed by atoms with E-state index < -0.39 is 0 Å². The van der Waals surface area contributed by atoms with Crippen molar-refractivity contribution in [3.63, 3.8) is 0 Å². The number of hydrogen-bond donors (Lipinski definition) is 0. The molecule has 0 unspecified atom stereocenters. The lowest BCUT2D eigenvalue weighted by Gasteiger charge is -2.13. The van der Waals surface area contributed by atoms with Crippen LogP contribution in [-0.4, -0.2) is 23.2 Å². The molecule has 0 atom stereocenters. The predicted octanol–water partition coefficient (Wildman–Crippen LogP) is 2.35. The number of carbonyl (C=O) groups excluding carboxylic acids is 1. The van der Waals surface area contributed by atoms with Crippen LogP contribution in [0.3, 0.4) is 0 Å². The van der Waals surface area contributed by atoms with Crippen LogP contribution in [0.4, 0.5) is 0 Å². The van der Waals surface area contributed by atoms with Crippen LogP contribution in [0.15, 0.2) is 35.3 Å². The predicted molar refractivity (Wildman–Crippen MR) is 80.6 cm³/mol. The Morgan fingerprint density at radius 3 is 2.71 bits per heavy atom. The van der Waals surface area contributed by atoms with Crippen LogP contribution in [0.2, 0.25) is 0 Å². The summed E-state index contributed by atoms with van der Waals surface area (Å²) in [7, 11) is 0. The molecule has 0 aliphatic carbocycles.